The largest absolute Gasteiger partial charge is 0.495 e. The molecular formula is C17H22BNO2. The van der Waals surface area contributed by atoms with Crippen LogP contribution in [0, 0.1) is 0 Å². The van der Waals surface area contributed by atoms with Gasteiger partial charge in [0.2, 0.25) is 0 Å². The van der Waals surface area contributed by atoms with Gasteiger partial charge in [0.15, 0.2) is 0 Å². The van der Waals surface area contributed by atoms with Crippen LogP contribution in [-0.2, 0) is 9.31 Å². The molecule has 2 aromatic rings. The van der Waals surface area contributed by atoms with Gasteiger partial charge in [-0.3, -0.25) is 0 Å². The van der Waals surface area contributed by atoms with Gasteiger partial charge in [-0.05, 0) is 63.5 Å². The molecule has 1 saturated carbocycles. The molecule has 2 fully saturated rings. The average Bonchev–Trinajstić information content (AvgIpc) is 3.11. The van der Waals surface area contributed by atoms with Crippen molar-refractivity contribution in [3.05, 3.63) is 30.5 Å². The second-order valence-corrected chi connectivity index (χ2v) is 7.32. The Morgan fingerprint density at radius 2 is 1.71 bits per heavy atom. The fourth-order valence-electron chi connectivity index (χ4n) is 3.06. The Kier molecular flexibility index (Phi) is 2.65. The van der Waals surface area contributed by atoms with Crippen LogP contribution in [0.3, 0.4) is 0 Å². The Bertz CT molecular complexity index is 684. The van der Waals surface area contributed by atoms with Crippen molar-refractivity contribution < 1.29 is 9.31 Å². The van der Waals surface area contributed by atoms with E-state index in [9.17, 15) is 0 Å². The maximum atomic E-state index is 6.21. The van der Waals surface area contributed by atoms with Crippen molar-refractivity contribution in [2.24, 2.45) is 0 Å². The van der Waals surface area contributed by atoms with E-state index in [2.05, 4.69) is 62.7 Å². The average molecular weight is 283 g/mol. The summed E-state index contributed by atoms with van der Waals surface area (Å²) in [4.78, 5) is 0. The van der Waals surface area contributed by atoms with E-state index in [4.69, 9.17) is 9.31 Å². The Labute approximate surface area is 126 Å². The summed E-state index contributed by atoms with van der Waals surface area (Å²) in [6.45, 7) is 8.40. The summed E-state index contributed by atoms with van der Waals surface area (Å²) in [5.41, 5.74) is 1.85. The predicted octanol–water partition coefficient (Wildman–Crippen LogP) is 3.28. The SMILES string of the molecule is CC1(C)OB(c2cccc3c2ccn3C2CC2)OC1(C)C. The minimum atomic E-state index is -0.293. The lowest BCUT2D eigenvalue weighted by Gasteiger charge is -2.32. The van der Waals surface area contributed by atoms with Gasteiger partial charge in [-0.25, -0.2) is 0 Å². The predicted molar refractivity (Wildman–Crippen MR) is 85.9 cm³/mol. The van der Waals surface area contributed by atoms with Gasteiger partial charge in [-0.15, -0.1) is 0 Å². The van der Waals surface area contributed by atoms with Crippen molar-refractivity contribution in [2.45, 2.75) is 57.8 Å². The Balaban J connectivity index is 1.78. The van der Waals surface area contributed by atoms with E-state index in [1.807, 2.05) is 0 Å². The molecule has 4 heteroatoms. The minimum absolute atomic E-state index is 0.284. The van der Waals surface area contributed by atoms with Gasteiger partial charge >= 0.3 is 7.12 Å². The monoisotopic (exact) mass is 283 g/mol. The summed E-state index contributed by atoms with van der Waals surface area (Å²) in [7, 11) is -0.284. The third-order valence-electron chi connectivity index (χ3n) is 5.24. The van der Waals surface area contributed by atoms with E-state index < -0.39 is 0 Å². The van der Waals surface area contributed by atoms with E-state index in [1.165, 1.54) is 23.7 Å². The van der Waals surface area contributed by atoms with E-state index in [1.54, 1.807) is 0 Å². The number of rotatable bonds is 2. The number of fused-ring (bicyclic) bond motifs is 1. The molecule has 21 heavy (non-hydrogen) atoms. The van der Waals surface area contributed by atoms with Crippen molar-refractivity contribution in [3.8, 4) is 0 Å². The fraction of sp³-hybridized carbons (Fsp3) is 0.529. The zero-order chi connectivity index (χ0) is 14.8. The molecule has 2 aliphatic rings. The molecule has 2 heterocycles. The van der Waals surface area contributed by atoms with Crippen LogP contribution >= 0.6 is 0 Å². The van der Waals surface area contributed by atoms with Crippen LogP contribution in [0.25, 0.3) is 10.9 Å². The molecule has 0 spiro atoms. The minimum Gasteiger partial charge on any atom is -0.399 e. The molecule has 1 aliphatic heterocycles. The lowest BCUT2D eigenvalue weighted by atomic mass is 9.77. The fourth-order valence-corrected chi connectivity index (χ4v) is 3.06. The van der Waals surface area contributed by atoms with Crippen molar-refractivity contribution in [3.63, 3.8) is 0 Å². The smallest absolute Gasteiger partial charge is 0.399 e. The molecule has 1 saturated heterocycles. The van der Waals surface area contributed by atoms with Crippen molar-refractivity contribution in [1.29, 1.82) is 0 Å². The highest BCUT2D eigenvalue weighted by Crippen LogP contribution is 2.39. The second-order valence-electron chi connectivity index (χ2n) is 7.32. The first-order valence-electron chi connectivity index (χ1n) is 7.84. The Hall–Kier alpha value is -1.26. The van der Waals surface area contributed by atoms with E-state index in [0.29, 0.717) is 6.04 Å². The van der Waals surface area contributed by atoms with Crippen LogP contribution in [0.5, 0.6) is 0 Å². The molecule has 1 aromatic heterocycles. The van der Waals surface area contributed by atoms with E-state index in [-0.39, 0.29) is 18.3 Å². The first kappa shape index (κ1) is 13.4. The molecule has 110 valence electrons. The summed E-state index contributed by atoms with van der Waals surface area (Å²) < 4.78 is 14.8. The van der Waals surface area contributed by atoms with Gasteiger partial charge in [0.25, 0.3) is 0 Å². The molecule has 0 N–H and O–H groups in total. The number of hydrogen-bond acceptors (Lipinski definition) is 2. The summed E-state index contributed by atoms with van der Waals surface area (Å²) in [6, 6.07) is 9.33. The number of hydrogen-bond donors (Lipinski definition) is 0. The van der Waals surface area contributed by atoms with E-state index in [0.717, 1.165) is 5.46 Å². The molecular weight excluding hydrogens is 261 g/mol. The van der Waals surface area contributed by atoms with Gasteiger partial charge in [-0.2, -0.15) is 0 Å². The first-order valence-corrected chi connectivity index (χ1v) is 7.84. The lowest BCUT2D eigenvalue weighted by molar-refractivity contribution is 0.00578. The molecule has 3 nitrogen and oxygen atoms in total. The van der Waals surface area contributed by atoms with Crippen LogP contribution in [0.4, 0.5) is 0 Å². The lowest BCUT2D eigenvalue weighted by Crippen LogP contribution is -2.41. The molecule has 0 bridgehead atoms. The summed E-state index contributed by atoms with van der Waals surface area (Å²) >= 11 is 0. The van der Waals surface area contributed by atoms with Crippen molar-refractivity contribution in [2.75, 3.05) is 0 Å². The molecule has 4 rings (SSSR count). The topological polar surface area (TPSA) is 23.4 Å². The highest BCUT2D eigenvalue weighted by Gasteiger charge is 2.52. The van der Waals surface area contributed by atoms with Gasteiger partial charge in [0.05, 0.1) is 11.2 Å². The van der Waals surface area contributed by atoms with Crippen LogP contribution in [0.15, 0.2) is 30.5 Å². The molecule has 1 aromatic carbocycles. The second kappa shape index (κ2) is 4.14. The zero-order valence-electron chi connectivity index (χ0n) is 13.2. The molecule has 0 radical (unpaired) electrons. The first-order chi connectivity index (χ1) is 9.89. The van der Waals surface area contributed by atoms with E-state index >= 15 is 0 Å². The maximum Gasteiger partial charge on any atom is 0.495 e. The number of aromatic nitrogens is 1. The quantitative estimate of drug-likeness (QED) is 0.790. The van der Waals surface area contributed by atoms with Gasteiger partial charge in [-0.1, -0.05) is 12.1 Å². The number of nitrogens with zero attached hydrogens (tertiary/aromatic N) is 1. The summed E-state index contributed by atoms with van der Waals surface area (Å²) in [5.74, 6) is 0. The molecule has 0 atom stereocenters. The highest BCUT2D eigenvalue weighted by molar-refractivity contribution is 6.65. The number of benzene rings is 1. The summed E-state index contributed by atoms with van der Waals surface area (Å²) in [6.07, 6.45) is 4.80. The van der Waals surface area contributed by atoms with Crippen LogP contribution in [0.1, 0.15) is 46.6 Å². The normalized spacial score (nSPS) is 23.9. The van der Waals surface area contributed by atoms with Gasteiger partial charge < -0.3 is 13.9 Å². The Morgan fingerprint density at radius 3 is 2.33 bits per heavy atom. The van der Waals surface area contributed by atoms with Gasteiger partial charge in [0.1, 0.15) is 0 Å². The maximum absolute atomic E-state index is 6.21. The van der Waals surface area contributed by atoms with Crippen LogP contribution in [0.2, 0.25) is 0 Å². The Morgan fingerprint density at radius 1 is 1.05 bits per heavy atom. The molecule has 1 aliphatic carbocycles. The molecule has 0 unspecified atom stereocenters. The third kappa shape index (κ3) is 1.96. The van der Waals surface area contributed by atoms with Crippen molar-refractivity contribution in [1.82, 2.24) is 4.57 Å². The summed E-state index contributed by atoms with van der Waals surface area (Å²) in [5, 5.41) is 1.25. The molecule has 0 amide bonds. The third-order valence-corrected chi connectivity index (χ3v) is 5.24. The zero-order valence-corrected chi connectivity index (χ0v) is 13.2. The van der Waals surface area contributed by atoms with Crippen LogP contribution in [-0.4, -0.2) is 22.9 Å². The van der Waals surface area contributed by atoms with Gasteiger partial charge in [0, 0.05) is 17.8 Å². The standard InChI is InChI=1S/C17H22BNO2/c1-16(2)17(3,4)21-18(20-16)14-6-5-7-15-13(14)10-11-19(15)12-8-9-12/h5-7,10-12H,8-9H2,1-4H3. The van der Waals surface area contributed by atoms with Crippen LogP contribution < -0.4 is 5.46 Å². The highest BCUT2D eigenvalue weighted by atomic mass is 16.7. The van der Waals surface area contributed by atoms with Crippen molar-refractivity contribution >= 4 is 23.5 Å².